The van der Waals surface area contributed by atoms with Crippen LogP contribution in [0.2, 0.25) is 0 Å². The molecule has 0 bridgehead atoms. The fourth-order valence-corrected chi connectivity index (χ4v) is 3.37. The van der Waals surface area contributed by atoms with E-state index in [9.17, 15) is 4.79 Å². The number of amides is 1. The number of hydrogen-bond donors (Lipinski definition) is 0. The third-order valence-electron chi connectivity index (χ3n) is 3.63. The maximum absolute atomic E-state index is 11.7. The van der Waals surface area contributed by atoms with Gasteiger partial charge in [-0.3, -0.25) is 4.79 Å². The molecule has 27 heavy (non-hydrogen) atoms. The van der Waals surface area contributed by atoms with Crippen LogP contribution in [-0.4, -0.2) is 43.4 Å². The van der Waals surface area contributed by atoms with Crippen molar-refractivity contribution in [1.29, 1.82) is 0 Å². The minimum Gasteiger partial charge on any atom is -0.439 e. The Hall–Kier alpha value is -2.59. The summed E-state index contributed by atoms with van der Waals surface area (Å²) in [5, 5.41) is 4.94. The van der Waals surface area contributed by atoms with Crippen molar-refractivity contribution < 1.29 is 14.3 Å². The van der Waals surface area contributed by atoms with E-state index in [1.54, 1.807) is 30.9 Å². The largest absolute Gasteiger partial charge is 0.439 e. The molecular formula is C17H19N5O3S2. The first-order valence-corrected chi connectivity index (χ1v) is 9.61. The number of benzene rings is 1. The molecule has 3 aromatic rings. The van der Waals surface area contributed by atoms with Crippen molar-refractivity contribution >= 4 is 28.5 Å². The quantitative estimate of drug-likeness (QED) is 0.587. The van der Waals surface area contributed by atoms with Gasteiger partial charge in [0.1, 0.15) is 11.5 Å². The first kappa shape index (κ1) is 19.2. The molecule has 0 fully saturated rings. The number of aromatic nitrogens is 4. The Morgan fingerprint density at radius 1 is 1.15 bits per heavy atom. The van der Waals surface area contributed by atoms with Crippen LogP contribution in [0.25, 0.3) is 0 Å². The first-order chi connectivity index (χ1) is 12.8. The second-order valence-electron chi connectivity index (χ2n) is 5.92. The van der Waals surface area contributed by atoms with Crippen molar-refractivity contribution in [1.82, 2.24) is 24.0 Å². The molecule has 0 aliphatic rings. The van der Waals surface area contributed by atoms with Gasteiger partial charge in [-0.2, -0.15) is 14.5 Å². The van der Waals surface area contributed by atoms with E-state index in [4.69, 9.17) is 9.47 Å². The Kier molecular flexibility index (Phi) is 5.66. The lowest BCUT2D eigenvalue weighted by atomic mass is 10.3. The van der Waals surface area contributed by atoms with E-state index in [-0.39, 0.29) is 5.24 Å². The second kappa shape index (κ2) is 7.97. The molecule has 0 unspecified atom stereocenters. The number of nitrogens with zero attached hydrogens (tertiary/aromatic N) is 5. The third kappa shape index (κ3) is 4.58. The van der Waals surface area contributed by atoms with Gasteiger partial charge in [0.25, 0.3) is 10.4 Å². The zero-order valence-electron chi connectivity index (χ0n) is 15.6. The molecule has 1 amide bonds. The Bertz CT molecular complexity index is 950. The average molecular weight is 406 g/mol. The lowest BCUT2D eigenvalue weighted by Crippen LogP contribution is -2.16. The molecule has 0 radical (unpaired) electrons. The third-order valence-corrected chi connectivity index (χ3v) is 5.25. The van der Waals surface area contributed by atoms with E-state index in [0.717, 1.165) is 34.6 Å². The Balaban J connectivity index is 1.64. The highest BCUT2D eigenvalue weighted by molar-refractivity contribution is 8.13. The number of aryl methyl sites for hydroxylation is 2. The fraction of sp³-hybridized carbons (Fsp3) is 0.294. The van der Waals surface area contributed by atoms with E-state index in [1.807, 2.05) is 33.0 Å². The summed E-state index contributed by atoms with van der Waals surface area (Å²) >= 11 is 2.05. The maximum atomic E-state index is 11.7. The van der Waals surface area contributed by atoms with Gasteiger partial charge in [0.05, 0.1) is 5.69 Å². The van der Waals surface area contributed by atoms with Crippen molar-refractivity contribution in [3.8, 4) is 22.6 Å². The first-order valence-electron chi connectivity index (χ1n) is 8.02. The van der Waals surface area contributed by atoms with Gasteiger partial charge in [0.2, 0.25) is 11.0 Å². The van der Waals surface area contributed by atoms with Crippen LogP contribution in [0.3, 0.4) is 0 Å². The van der Waals surface area contributed by atoms with E-state index in [0.29, 0.717) is 27.7 Å². The number of rotatable bonds is 5. The average Bonchev–Trinajstić information content (AvgIpc) is 3.15. The molecule has 0 atom stereocenters. The van der Waals surface area contributed by atoms with E-state index < -0.39 is 0 Å². The summed E-state index contributed by atoms with van der Waals surface area (Å²) in [6.07, 6.45) is 0. The summed E-state index contributed by atoms with van der Waals surface area (Å²) in [7, 11) is 5.20. The predicted molar refractivity (Wildman–Crippen MR) is 104 cm³/mol. The Morgan fingerprint density at radius 3 is 2.33 bits per heavy atom. The maximum Gasteiger partial charge on any atom is 0.299 e. The van der Waals surface area contributed by atoms with Crippen molar-refractivity contribution in [2.24, 2.45) is 7.05 Å². The van der Waals surface area contributed by atoms with Gasteiger partial charge < -0.3 is 14.4 Å². The van der Waals surface area contributed by atoms with Crippen LogP contribution in [0.15, 0.2) is 29.4 Å². The van der Waals surface area contributed by atoms with Crippen molar-refractivity contribution in [2.75, 3.05) is 14.1 Å². The topological polar surface area (TPSA) is 82.4 Å². The van der Waals surface area contributed by atoms with Crippen molar-refractivity contribution in [2.45, 2.75) is 19.0 Å². The van der Waals surface area contributed by atoms with Crippen molar-refractivity contribution in [3.63, 3.8) is 0 Å². The number of ether oxygens (including phenoxy) is 2. The molecule has 3 rings (SSSR count). The number of carbonyl (C=O) groups excluding carboxylic acids is 1. The second-order valence-corrected chi connectivity index (χ2v) is 7.55. The highest BCUT2D eigenvalue weighted by Crippen LogP contribution is 2.30. The molecule has 2 aromatic heterocycles. The fourth-order valence-electron chi connectivity index (χ4n) is 2.12. The molecule has 8 nitrogen and oxygen atoms in total. The molecule has 0 N–H and O–H groups in total. The minimum absolute atomic E-state index is 0.137. The lowest BCUT2D eigenvalue weighted by molar-refractivity contribution is 0.241. The summed E-state index contributed by atoms with van der Waals surface area (Å²) in [5.41, 5.74) is 1.94. The molecular weight excluding hydrogens is 386 g/mol. The summed E-state index contributed by atoms with van der Waals surface area (Å²) in [6, 6.07) is 7.19. The Morgan fingerprint density at radius 2 is 1.78 bits per heavy atom. The van der Waals surface area contributed by atoms with Gasteiger partial charge in [-0.1, -0.05) is 0 Å². The van der Waals surface area contributed by atoms with Crippen molar-refractivity contribution in [3.05, 3.63) is 35.5 Å². The van der Waals surface area contributed by atoms with Gasteiger partial charge in [0.15, 0.2) is 0 Å². The Labute approximate surface area is 165 Å². The SMILES string of the molecule is Cc1nn(C)c(Oc2ccc(Oc3nc(SC(=O)N(C)C)ns3)cc2)c1C. The van der Waals surface area contributed by atoms with E-state index in [1.165, 1.54) is 4.90 Å². The smallest absolute Gasteiger partial charge is 0.299 e. The number of hydrogen-bond acceptors (Lipinski definition) is 8. The molecule has 0 saturated carbocycles. The molecule has 10 heteroatoms. The molecule has 0 aliphatic heterocycles. The standard InChI is InChI=1S/C17H19N5O3S2/c1-10-11(2)19-22(5)14(10)24-12-6-8-13(9-7-12)25-16-18-15(20-27-16)26-17(23)21(3)4/h6-9H,1-5H3. The lowest BCUT2D eigenvalue weighted by Gasteiger charge is -2.08. The zero-order chi connectivity index (χ0) is 19.6. The van der Waals surface area contributed by atoms with Gasteiger partial charge in [-0.15, -0.1) is 0 Å². The normalized spacial score (nSPS) is 10.7. The molecule has 142 valence electrons. The van der Waals surface area contributed by atoms with Crippen LogP contribution in [0.4, 0.5) is 4.79 Å². The zero-order valence-corrected chi connectivity index (χ0v) is 17.2. The van der Waals surface area contributed by atoms with Crippen LogP contribution in [0.5, 0.6) is 22.6 Å². The van der Waals surface area contributed by atoms with Gasteiger partial charge in [-0.05, 0) is 38.1 Å². The highest BCUT2D eigenvalue weighted by Gasteiger charge is 2.14. The highest BCUT2D eigenvalue weighted by atomic mass is 32.2. The summed E-state index contributed by atoms with van der Waals surface area (Å²) in [4.78, 5) is 17.3. The molecule has 1 aromatic carbocycles. The summed E-state index contributed by atoms with van der Waals surface area (Å²) < 4.78 is 17.4. The van der Waals surface area contributed by atoms with E-state index in [2.05, 4.69) is 14.5 Å². The van der Waals surface area contributed by atoms with E-state index >= 15 is 0 Å². The van der Waals surface area contributed by atoms with Crippen LogP contribution in [0, 0.1) is 13.8 Å². The molecule has 0 spiro atoms. The molecule has 2 heterocycles. The summed E-state index contributed by atoms with van der Waals surface area (Å²) in [6.45, 7) is 3.92. The monoisotopic (exact) mass is 405 g/mol. The van der Waals surface area contributed by atoms with Gasteiger partial charge in [-0.25, -0.2) is 4.68 Å². The van der Waals surface area contributed by atoms with Crippen LogP contribution in [-0.2, 0) is 7.05 Å². The summed E-state index contributed by atoms with van der Waals surface area (Å²) in [5.74, 6) is 1.99. The predicted octanol–water partition coefficient (Wildman–Crippen LogP) is 4.25. The minimum atomic E-state index is -0.137. The van der Waals surface area contributed by atoms with Crippen LogP contribution in [0.1, 0.15) is 11.3 Å². The number of thioether (sulfide) groups is 1. The van der Waals surface area contributed by atoms with Gasteiger partial charge in [0, 0.05) is 50.0 Å². The molecule has 0 aliphatic carbocycles. The van der Waals surface area contributed by atoms with Gasteiger partial charge >= 0.3 is 0 Å². The van der Waals surface area contributed by atoms with Crippen LogP contribution < -0.4 is 9.47 Å². The van der Waals surface area contributed by atoms with Crippen LogP contribution >= 0.6 is 23.3 Å². The number of carbonyl (C=O) groups is 1. The molecule has 0 saturated heterocycles.